The van der Waals surface area contributed by atoms with Crippen LogP contribution >= 0.6 is 27.3 Å². The lowest BCUT2D eigenvalue weighted by Crippen LogP contribution is -2.29. The molecule has 1 aliphatic rings. The monoisotopic (exact) mass is 536 g/mol. The van der Waals surface area contributed by atoms with Gasteiger partial charge in [-0.1, -0.05) is 52.4 Å². The van der Waals surface area contributed by atoms with Gasteiger partial charge in [0, 0.05) is 10.0 Å². The zero-order valence-electron chi connectivity index (χ0n) is 18.0. The number of hydrogen-bond donors (Lipinski definition) is 1. The minimum absolute atomic E-state index is 0.0665. The molecular weight excluding hydrogens is 519 g/mol. The summed E-state index contributed by atoms with van der Waals surface area (Å²) in [5.41, 5.74) is 2.68. The van der Waals surface area contributed by atoms with Crippen LogP contribution in [0.5, 0.6) is 0 Å². The zero-order chi connectivity index (χ0) is 24.0. The number of thiazole rings is 1. The Morgan fingerprint density at radius 1 is 1.12 bits per heavy atom. The van der Waals surface area contributed by atoms with Gasteiger partial charge in [-0.2, -0.15) is 0 Å². The molecule has 170 valence electrons. The molecule has 1 aromatic heterocycles. The molecule has 2 heterocycles. The second kappa shape index (κ2) is 8.77. The molecule has 5 nitrogen and oxygen atoms in total. The second-order valence-electron chi connectivity index (χ2n) is 7.88. The summed E-state index contributed by atoms with van der Waals surface area (Å²) >= 11 is 4.77. The number of aliphatic hydroxyl groups excluding tert-OH is 1. The SMILES string of the molecule is CCc1ccc2nc(N3C(=O)C(=O)/C(=C(/O)c4ccc(F)cc4)[C@H]3c3cccc(Br)c3)sc2c1. The quantitative estimate of drug-likeness (QED) is 0.186. The molecule has 1 fully saturated rings. The van der Waals surface area contributed by atoms with Crippen LogP contribution in [0.4, 0.5) is 9.52 Å². The summed E-state index contributed by atoms with van der Waals surface area (Å²) in [6.45, 7) is 2.06. The normalized spacial score (nSPS) is 17.6. The first-order valence-corrected chi connectivity index (χ1v) is 12.2. The van der Waals surface area contributed by atoms with E-state index < -0.39 is 23.5 Å². The highest BCUT2D eigenvalue weighted by atomic mass is 79.9. The molecule has 1 aliphatic heterocycles. The summed E-state index contributed by atoms with van der Waals surface area (Å²) < 4.78 is 15.1. The maximum absolute atomic E-state index is 13.5. The first-order chi connectivity index (χ1) is 16.4. The molecular formula is C26H18BrFN2O3S. The van der Waals surface area contributed by atoms with Crippen LogP contribution in [0, 0.1) is 5.82 Å². The molecule has 0 unspecified atom stereocenters. The fraction of sp³-hybridized carbons (Fsp3) is 0.115. The van der Waals surface area contributed by atoms with E-state index in [0.717, 1.165) is 26.7 Å². The number of rotatable bonds is 4. The number of aliphatic hydroxyl groups is 1. The first-order valence-electron chi connectivity index (χ1n) is 10.6. The van der Waals surface area contributed by atoms with Gasteiger partial charge in [-0.25, -0.2) is 9.37 Å². The van der Waals surface area contributed by atoms with E-state index >= 15 is 0 Å². The predicted octanol–water partition coefficient (Wildman–Crippen LogP) is 6.39. The molecule has 1 atom stereocenters. The summed E-state index contributed by atoms with van der Waals surface area (Å²) in [6.07, 6.45) is 0.864. The number of aromatic nitrogens is 1. The van der Waals surface area contributed by atoms with Crippen LogP contribution in [-0.2, 0) is 16.0 Å². The third-order valence-electron chi connectivity index (χ3n) is 5.78. The van der Waals surface area contributed by atoms with Crippen LogP contribution in [-0.4, -0.2) is 21.8 Å². The Kier molecular flexibility index (Phi) is 5.79. The van der Waals surface area contributed by atoms with Crippen molar-refractivity contribution in [2.45, 2.75) is 19.4 Å². The van der Waals surface area contributed by atoms with E-state index in [-0.39, 0.29) is 16.9 Å². The van der Waals surface area contributed by atoms with Crippen molar-refractivity contribution in [3.63, 3.8) is 0 Å². The number of halogens is 2. The van der Waals surface area contributed by atoms with Crippen LogP contribution in [0.2, 0.25) is 0 Å². The molecule has 1 amide bonds. The fourth-order valence-corrected chi connectivity index (χ4v) is 5.54. The maximum Gasteiger partial charge on any atom is 0.301 e. The average Bonchev–Trinajstić information content (AvgIpc) is 3.36. The van der Waals surface area contributed by atoms with Crippen LogP contribution in [0.1, 0.15) is 29.7 Å². The van der Waals surface area contributed by atoms with E-state index in [1.165, 1.54) is 40.5 Å². The van der Waals surface area contributed by atoms with E-state index in [9.17, 15) is 19.1 Å². The molecule has 5 rings (SSSR count). The molecule has 0 radical (unpaired) electrons. The number of anilines is 1. The minimum Gasteiger partial charge on any atom is -0.507 e. The number of aryl methyl sites for hydroxylation is 1. The van der Waals surface area contributed by atoms with Crippen molar-refractivity contribution in [2.75, 3.05) is 4.90 Å². The van der Waals surface area contributed by atoms with E-state index in [1.807, 2.05) is 24.3 Å². The number of carbonyl (C=O) groups excluding carboxylic acids is 2. The highest BCUT2D eigenvalue weighted by molar-refractivity contribution is 9.10. The standard InChI is InChI=1S/C26H18BrFN2O3S/c1-2-14-6-11-19-20(12-14)34-26(29-19)30-22(16-4-3-5-17(27)13-16)21(24(32)25(30)33)23(31)15-7-9-18(28)10-8-15/h3-13,22,31H,2H2,1H3/b23-21+/t22-/m1/s1. The average molecular weight is 537 g/mol. The molecule has 0 aliphatic carbocycles. The smallest absolute Gasteiger partial charge is 0.301 e. The number of nitrogens with zero attached hydrogens (tertiary/aromatic N) is 2. The largest absolute Gasteiger partial charge is 0.507 e. The number of hydrogen-bond acceptors (Lipinski definition) is 5. The lowest BCUT2D eigenvalue weighted by Gasteiger charge is -2.23. The number of Topliss-reactive ketones (excluding diaryl/α,β-unsaturated/α-hetero) is 1. The van der Waals surface area contributed by atoms with Gasteiger partial charge in [0.15, 0.2) is 5.13 Å². The number of amides is 1. The van der Waals surface area contributed by atoms with Gasteiger partial charge in [-0.3, -0.25) is 14.5 Å². The van der Waals surface area contributed by atoms with Crippen LogP contribution < -0.4 is 4.90 Å². The summed E-state index contributed by atoms with van der Waals surface area (Å²) in [7, 11) is 0. The van der Waals surface area contributed by atoms with Crippen molar-refractivity contribution >= 4 is 60.1 Å². The number of ketones is 1. The highest BCUT2D eigenvalue weighted by Gasteiger charge is 2.48. The fourth-order valence-electron chi connectivity index (χ4n) is 4.06. The maximum atomic E-state index is 13.5. The summed E-state index contributed by atoms with van der Waals surface area (Å²) in [6, 6.07) is 17.4. The Balaban J connectivity index is 1.72. The number of benzene rings is 3. The van der Waals surface area contributed by atoms with E-state index in [1.54, 1.807) is 18.2 Å². The number of fused-ring (bicyclic) bond motifs is 1. The van der Waals surface area contributed by atoms with Gasteiger partial charge >= 0.3 is 5.91 Å². The topological polar surface area (TPSA) is 70.5 Å². The van der Waals surface area contributed by atoms with Gasteiger partial charge < -0.3 is 5.11 Å². The van der Waals surface area contributed by atoms with E-state index in [0.29, 0.717) is 10.7 Å². The molecule has 3 aromatic carbocycles. The van der Waals surface area contributed by atoms with Gasteiger partial charge in [-0.15, -0.1) is 0 Å². The Morgan fingerprint density at radius 2 is 1.88 bits per heavy atom. The molecule has 1 N–H and O–H groups in total. The van der Waals surface area contributed by atoms with Crippen molar-refractivity contribution < 1.29 is 19.1 Å². The molecule has 0 bridgehead atoms. The Morgan fingerprint density at radius 3 is 2.59 bits per heavy atom. The summed E-state index contributed by atoms with van der Waals surface area (Å²) in [4.78, 5) is 32.5. The molecule has 4 aromatic rings. The van der Waals surface area contributed by atoms with Gasteiger partial charge in [0.2, 0.25) is 0 Å². The van der Waals surface area contributed by atoms with Crippen LogP contribution in [0.3, 0.4) is 0 Å². The van der Waals surface area contributed by atoms with Crippen molar-refractivity contribution in [1.82, 2.24) is 4.98 Å². The summed E-state index contributed by atoms with van der Waals surface area (Å²) in [5, 5.41) is 11.5. The molecule has 0 saturated carbocycles. The Bertz CT molecular complexity index is 1480. The predicted molar refractivity (Wildman–Crippen MR) is 134 cm³/mol. The van der Waals surface area contributed by atoms with Crippen molar-refractivity contribution in [3.8, 4) is 0 Å². The van der Waals surface area contributed by atoms with Crippen molar-refractivity contribution in [3.05, 3.63) is 99.3 Å². The van der Waals surface area contributed by atoms with Gasteiger partial charge in [0.25, 0.3) is 5.78 Å². The summed E-state index contributed by atoms with van der Waals surface area (Å²) in [5.74, 6) is -2.43. The number of carbonyl (C=O) groups is 2. The highest BCUT2D eigenvalue weighted by Crippen LogP contribution is 2.44. The molecule has 0 spiro atoms. The van der Waals surface area contributed by atoms with E-state index in [2.05, 4.69) is 27.8 Å². The van der Waals surface area contributed by atoms with Crippen LogP contribution in [0.25, 0.3) is 16.0 Å². The van der Waals surface area contributed by atoms with E-state index in [4.69, 9.17) is 0 Å². The Labute approximate surface area is 207 Å². The lowest BCUT2D eigenvalue weighted by atomic mass is 9.95. The molecule has 34 heavy (non-hydrogen) atoms. The van der Waals surface area contributed by atoms with Crippen molar-refractivity contribution in [1.29, 1.82) is 0 Å². The minimum atomic E-state index is -0.895. The molecule has 8 heteroatoms. The van der Waals surface area contributed by atoms with Crippen LogP contribution in [0.15, 0.2) is 76.8 Å². The third kappa shape index (κ3) is 3.82. The van der Waals surface area contributed by atoms with Gasteiger partial charge in [-0.05, 0) is 66.1 Å². The zero-order valence-corrected chi connectivity index (χ0v) is 20.4. The lowest BCUT2D eigenvalue weighted by molar-refractivity contribution is -0.132. The second-order valence-corrected chi connectivity index (χ2v) is 9.81. The van der Waals surface area contributed by atoms with Crippen molar-refractivity contribution in [2.24, 2.45) is 0 Å². The Hall–Kier alpha value is -3.36. The first kappa shape index (κ1) is 22.4. The van der Waals surface area contributed by atoms with Gasteiger partial charge in [0.1, 0.15) is 11.6 Å². The third-order valence-corrected chi connectivity index (χ3v) is 7.29. The van der Waals surface area contributed by atoms with Gasteiger partial charge in [0.05, 0.1) is 21.8 Å². The molecule has 1 saturated heterocycles.